The predicted octanol–water partition coefficient (Wildman–Crippen LogP) is 3.67. The number of carbonyl (C=O) groups excluding carboxylic acids is 1. The van der Waals surface area contributed by atoms with Gasteiger partial charge in [0.15, 0.2) is 0 Å². The van der Waals surface area contributed by atoms with E-state index in [4.69, 9.17) is 0 Å². The standard InChI is InChI=1S/C19H24N2O2/c1-14-7-6-10-18(11-14)21-19(23)20-13-17(12-15(2)22)16-8-4-3-5-9-16/h3-11,15,17,22H,12-13H2,1-2H3,(H2,20,21,23). The topological polar surface area (TPSA) is 61.4 Å². The van der Waals surface area contributed by atoms with E-state index in [1.165, 1.54) is 0 Å². The number of aryl methyl sites for hydroxylation is 1. The molecule has 4 heteroatoms. The number of rotatable bonds is 6. The Bertz CT molecular complexity index is 626. The van der Waals surface area contributed by atoms with Crippen LogP contribution in [0.5, 0.6) is 0 Å². The van der Waals surface area contributed by atoms with Crippen molar-refractivity contribution in [3.63, 3.8) is 0 Å². The molecule has 0 fully saturated rings. The monoisotopic (exact) mass is 312 g/mol. The van der Waals surface area contributed by atoms with Gasteiger partial charge >= 0.3 is 6.03 Å². The fourth-order valence-corrected chi connectivity index (χ4v) is 2.59. The summed E-state index contributed by atoms with van der Waals surface area (Å²) < 4.78 is 0. The quantitative estimate of drug-likeness (QED) is 0.762. The molecule has 0 heterocycles. The second kappa shape index (κ2) is 8.34. The van der Waals surface area contributed by atoms with Gasteiger partial charge in [0.1, 0.15) is 0 Å². The molecule has 0 spiro atoms. The molecule has 2 aromatic rings. The van der Waals surface area contributed by atoms with Crippen LogP contribution in [-0.4, -0.2) is 23.8 Å². The molecular formula is C19H24N2O2. The molecule has 0 radical (unpaired) electrons. The Balaban J connectivity index is 1.94. The Morgan fingerprint density at radius 2 is 1.87 bits per heavy atom. The van der Waals surface area contributed by atoms with Crippen LogP contribution in [0.3, 0.4) is 0 Å². The summed E-state index contributed by atoms with van der Waals surface area (Å²) in [6.45, 7) is 4.23. The first-order chi connectivity index (χ1) is 11.0. The molecule has 2 atom stereocenters. The lowest BCUT2D eigenvalue weighted by Crippen LogP contribution is -2.33. The molecule has 0 saturated carbocycles. The first-order valence-corrected chi connectivity index (χ1v) is 7.89. The summed E-state index contributed by atoms with van der Waals surface area (Å²) in [5.74, 6) is 0.0828. The second-order valence-electron chi connectivity index (χ2n) is 5.90. The summed E-state index contributed by atoms with van der Waals surface area (Å²) in [5.41, 5.74) is 2.98. The zero-order valence-electron chi connectivity index (χ0n) is 13.6. The molecule has 0 aliphatic rings. The summed E-state index contributed by atoms with van der Waals surface area (Å²) in [6.07, 6.45) is 0.191. The SMILES string of the molecule is Cc1cccc(NC(=O)NCC(CC(C)O)c2ccccc2)c1. The summed E-state index contributed by atoms with van der Waals surface area (Å²) in [5, 5.41) is 15.4. The Morgan fingerprint density at radius 1 is 1.13 bits per heavy atom. The average molecular weight is 312 g/mol. The number of urea groups is 1. The van der Waals surface area contributed by atoms with Crippen LogP contribution in [0.25, 0.3) is 0 Å². The zero-order valence-corrected chi connectivity index (χ0v) is 13.6. The Hall–Kier alpha value is -2.33. The lowest BCUT2D eigenvalue weighted by molar-refractivity contribution is 0.173. The molecule has 0 aliphatic heterocycles. The molecule has 0 aromatic heterocycles. The number of hydrogen-bond acceptors (Lipinski definition) is 2. The van der Waals surface area contributed by atoms with Crippen LogP contribution < -0.4 is 10.6 Å². The summed E-state index contributed by atoms with van der Waals surface area (Å²) in [4.78, 5) is 12.1. The van der Waals surface area contributed by atoms with E-state index in [0.29, 0.717) is 13.0 Å². The number of amides is 2. The highest BCUT2D eigenvalue weighted by atomic mass is 16.3. The van der Waals surface area contributed by atoms with E-state index in [-0.39, 0.29) is 11.9 Å². The number of hydrogen-bond donors (Lipinski definition) is 3. The molecule has 0 aliphatic carbocycles. The maximum atomic E-state index is 12.1. The van der Waals surface area contributed by atoms with Gasteiger partial charge in [0.25, 0.3) is 0 Å². The maximum Gasteiger partial charge on any atom is 0.319 e. The predicted molar refractivity (Wildman–Crippen MR) is 93.7 cm³/mol. The number of nitrogens with one attached hydrogen (secondary N) is 2. The number of anilines is 1. The third-order valence-electron chi connectivity index (χ3n) is 3.68. The number of carbonyl (C=O) groups is 1. The largest absolute Gasteiger partial charge is 0.393 e. The summed E-state index contributed by atoms with van der Waals surface area (Å²) >= 11 is 0. The third kappa shape index (κ3) is 5.75. The van der Waals surface area contributed by atoms with E-state index in [1.807, 2.05) is 61.5 Å². The van der Waals surface area contributed by atoms with Crippen LogP contribution in [0, 0.1) is 6.92 Å². The van der Waals surface area contributed by atoms with Gasteiger partial charge < -0.3 is 15.7 Å². The van der Waals surface area contributed by atoms with Crippen molar-refractivity contribution in [2.45, 2.75) is 32.3 Å². The molecule has 4 nitrogen and oxygen atoms in total. The molecule has 2 aromatic carbocycles. The van der Waals surface area contributed by atoms with E-state index in [1.54, 1.807) is 6.92 Å². The summed E-state index contributed by atoms with van der Waals surface area (Å²) in [6, 6.07) is 17.4. The van der Waals surface area contributed by atoms with E-state index in [9.17, 15) is 9.90 Å². The molecule has 0 saturated heterocycles. The lowest BCUT2D eigenvalue weighted by Gasteiger charge is -2.20. The highest BCUT2D eigenvalue weighted by Gasteiger charge is 2.15. The van der Waals surface area contributed by atoms with Gasteiger partial charge in [0, 0.05) is 18.2 Å². The highest BCUT2D eigenvalue weighted by molar-refractivity contribution is 5.89. The fourth-order valence-electron chi connectivity index (χ4n) is 2.59. The molecule has 2 amide bonds. The average Bonchev–Trinajstić information content (AvgIpc) is 2.52. The van der Waals surface area contributed by atoms with Crippen molar-refractivity contribution in [2.24, 2.45) is 0 Å². The lowest BCUT2D eigenvalue weighted by atomic mass is 9.93. The van der Waals surface area contributed by atoms with Crippen LogP contribution in [-0.2, 0) is 0 Å². The fraction of sp³-hybridized carbons (Fsp3) is 0.316. The highest BCUT2D eigenvalue weighted by Crippen LogP contribution is 2.20. The van der Waals surface area contributed by atoms with Gasteiger partial charge in [-0.1, -0.05) is 42.5 Å². The van der Waals surface area contributed by atoms with Crippen molar-refractivity contribution in [1.82, 2.24) is 5.32 Å². The first kappa shape index (κ1) is 17.0. The minimum absolute atomic E-state index is 0.0828. The van der Waals surface area contributed by atoms with Crippen molar-refractivity contribution < 1.29 is 9.90 Å². The van der Waals surface area contributed by atoms with Gasteiger partial charge in [0.05, 0.1) is 6.10 Å². The normalized spacial score (nSPS) is 13.2. The van der Waals surface area contributed by atoms with Crippen LogP contribution in [0.1, 0.15) is 30.4 Å². The smallest absolute Gasteiger partial charge is 0.319 e. The van der Waals surface area contributed by atoms with Gasteiger partial charge in [-0.2, -0.15) is 0 Å². The van der Waals surface area contributed by atoms with Gasteiger partial charge in [-0.25, -0.2) is 4.79 Å². The maximum absolute atomic E-state index is 12.1. The zero-order chi connectivity index (χ0) is 16.7. The van der Waals surface area contributed by atoms with Crippen LogP contribution in [0.4, 0.5) is 10.5 Å². The molecule has 2 unspecified atom stereocenters. The van der Waals surface area contributed by atoms with E-state index in [2.05, 4.69) is 10.6 Å². The minimum Gasteiger partial charge on any atom is -0.393 e. The number of aliphatic hydroxyl groups excluding tert-OH is 1. The number of benzene rings is 2. The van der Waals surface area contributed by atoms with Gasteiger partial charge in [-0.3, -0.25) is 0 Å². The van der Waals surface area contributed by atoms with Crippen LogP contribution in [0.15, 0.2) is 54.6 Å². The van der Waals surface area contributed by atoms with E-state index < -0.39 is 6.10 Å². The van der Waals surface area contributed by atoms with Crippen molar-refractivity contribution >= 4 is 11.7 Å². The van der Waals surface area contributed by atoms with Crippen LogP contribution in [0.2, 0.25) is 0 Å². The molecular weight excluding hydrogens is 288 g/mol. The van der Waals surface area contributed by atoms with E-state index in [0.717, 1.165) is 16.8 Å². The Kier molecular flexibility index (Phi) is 6.18. The van der Waals surface area contributed by atoms with Gasteiger partial charge in [-0.05, 0) is 43.5 Å². The number of aliphatic hydroxyl groups is 1. The summed E-state index contributed by atoms with van der Waals surface area (Å²) in [7, 11) is 0. The molecule has 0 bridgehead atoms. The molecule has 2 rings (SSSR count). The van der Waals surface area contributed by atoms with Crippen molar-refractivity contribution in [1.29, 1.82) is 0 Å². The first-order valence-electron chi connectivity index (χ1n) is 7.89. The molecule has 122 valence electrons. The Labute approximate surface area is 137 Å². The molecule has 3 N–H and O–H groups in total. The molecule has 23 heavy (non-hydrogen) atoms. The minimum atomic E-state index is -0.415. The van der Waals surface area contributed by atoms with Crippen molar-refractivity contribution in [2.75, 3.05) is 11.9 Å². The third-order valence-corrected chi connectivity index (χ3v) is 3.68. The van der Waals surface area contributed by atoms with Crippen molar-refractivity contribution in [3.8, 4) is 0 Å². The van der Waals surface area contributed by atoms with Gasteiger partial charge in [0.2, 0.25) is 0 Å². The van der Waals surface area contributed by atoms with Crippen LogP contribution >= 0.6 is 0 Å². The second-order valence-corrected chi connectivity index (χ2v) is 5.90. The van der Waals surface area contributed by atoms with E-state index >= 15 is 0 Å². The Morgan fingerprint density at radius 3 is 2.52 bits per heavy atom. The van der Waals surface area contributed by atoms with Gasteiger partial charge in [-0.15, -0.1) is 0 Å². The van der Waals surface area contributed by atoms with Crippen molar-refractivity contribution in [3.05, 3.63) is 65.7 Å².